The summed E-state index contributed by atoms with van der Waals surface area (Å²) in [6.45, 7) is 7.03. The molecule has 0 saturated carbocycles. The number of benzene rings is 1. The molecule has 1 amide bonds. The zero-order chi connectivity index (χ0) is 19.9. The lowest BCUT2D eigenvalue weighted by Gasteiger charge is -2.18. The van der Waals surface area contributed by atoms with E-state index in [0.717, 1.165) is 12.0 Å². The number of rotatable bonds is 3. The summed E-state index contributed by atoms with van der Waals surface area (Å²) >= 11 is 0. The zero-order valence-corrected chi connectivity index (χ0v) is 16.2. The van der Waals surface area contributed by atoms with Crippen molar-refractivity contribution in [2.75, 3.05) is 11.9 Å². The molecule has 2 N–H and O–H groups in total. The molecule has 0 bridgehead atoms. The van der Waals surface area contributed by atoms with Crippen molar-refractivity contribution in [3.8, 4) is 11.4 Å². The van der Waals surface area contributed by atoms with Crippen LogP contribution in [0.5, 0.6) is 0 Å². The van der Waals surface area contributed by atoms with Crippen LogP contribution in [0.4, 0.5) is 5.82 Å². The van der Waals surface area contributed by atoms with Gasteiger partial charge in [-0.3, -0.25) is 14.6 Å². The Morgan fingerprint density at radius 1 is 1.29 bits per heavy atom. The SMILES string of the molecule is CC(C)(C)c1ccc(-c2nc3[nH]c(=O)cc(NC(=O)[C@H]4CCCO4)n3n2)cc1. The number of aromatic amines is 1. The maximum atomic E-state index is 12.4. The lowest BCUT2D eigenvalue weighted by molar-refractivity contribution is -0.124. The van der Waals surface area contributed by atoms with E-state index >= 15 is 0 Å². The third kappa shape index (κ3) is 3.55. The number of carbonyl (C=O) groups is 1. The van der Waals surface area contributed by atoms with E-state index in [9.17, 15) is 9.59 Å². The van der Waals surface area contributed by atoms with Crippen LogP contribution in [0.15, 0.2) is 35.1 Å². The lowest BCUT2D eigenvalue weighted by atomic mass is 9.87. The van der Waals surface area contributed by atoms with Gasteiger partial charge in [-0.2, -0.15) is 9.50 Å². The largest absolute Gasteiger partial charge is 0.368 e. The van der Waals surface area contributed by atoms with Gasteiger partial charge in [-0.1, -0.05) is 45.0 Å². The van der Waals surface area contributed by atoms with Crippen molar-refractivity contribution >= 4 is 17.5 Å². The number of fused-ring (bicyclic) bond motifs is 1. The van der Waals surface area contributed by atoms with Crippen LogP contribution < -0.4 is 10.9 Å². The van der Waals surface area contributed by atoms with Crippen molar-refractivity contribution in [1.29, 1.82) is 0 Å². The summed E-state index contributed by atoms with van der Waals surface area (Å²) < 4.78 is 6.83. The number of nitrogens with zero attached hydrogens (tertiary/aromatic N) is 3. The molecule has 8 nitrogen and oxygen atoms in total. The van der Waals surface area contributed by atoms with Gasteiger partial charge in [0.15, 0.2) is 5.82 Å². The molecule has 0 unspecified atom stereocenters. The number of aromatic nitrogens is 4. The molecule has 1 fully saturated rings. The predicted octanol–water partition coefficient (Wildman–Crippen LogP) is 2.50. The fourth-order valence-electron chi connectivity index (χ4n) is 3.21. The molecule has 28 heavy (non-hydrogen) atoms. The molecule has 0 aliphatic carbocycles. The Labute approximate surface area is 161 Å². The monoisotopic (exact) mass is 381 g/mol. The van der Waals surface area contributed by atoms with Gasteiger partial charge in [-0.05, 0) is 23.8 Å². The summed E-state index contributed by atoms with van der Waals surface area (Å²) in [6.07, 6.45) is 1.02. The molecule has 1 aliphatic heterocycles. The Bertz CT molecular complexity index is 1070. The van der Waals surface area contributed by atoms with E-state index in [1.807, 2.05) is 24.3 Å². The van der Waals surface area contributed by atoms with Gasteiger partial charge in [0, 0.05) is 18.2 Å². The molecule has 0 spiro atoms. The van der Waals surface area contributed by atoms with E-state index in [1.54, 1.807) is 0 Å². The quantitative estimate of drug-likeness (QED) is 0.726. The number of carbonyl (C=O) groups excluding carboxylic acids is 1. The van der Waals surface area contributed by atoms with Crippen molar-refractivity contribution in [3.63, 3.8) is 0 Å². The zero-order valence-electron chi connectivity index (χ0n) is 16.2. The predicted molar refractivity (Wildman–Crippen MR) is 105 cm³/mol. The summed E-state index contributed by atoms with van der Waals surface area (Å²) in [7, 11) is 0. The fourth-order valence-corrected chi connectivity index (χ4v) is 3.21. The first kappa shape index (κ1) is 18.4. The van der Waals surface area contributed by atoms with Crippen LogP contribution in [-0.4, -0.2) is 38.2 Å². The van der Waals surface area contributed by atoms with Gasteiger partial charge < -0.3 is 10.1 Å². The molecular formula is C20H23N5O3. The van der Waals surface area contributed by atoms with Gasteiger partial charge in [0.2, 0.25) is 5.78 Å². The summed E-state index contributed by atoms with van der Waals surface area (Å²) in [5.41, 5.74) is 1.72. The van der Waals surface area contributed by atoms with Crippen LogP contribution in [0.1, 0.15) is 39.2 Å². The van der Waals surface area contributed by atoms with E-state index in [-0.39, 0.29) is 28.5 Å². The minimum Gasteiger partial charge on any atom is -0.368 e. The van der Waals surface area contributed by atoms with E-state index in [4.69, 9.17) is 4.74 Å². The van der Waals surface area contributed by atoms with E-state index in [0.29, 0.717) is 18.9 Å². The number of nitrogens with one attached hydrogen (secondary N) is 2. The summed E-state index contributed by atoms with van der Waals surface area (Å²) in [6, 6.07) is 9.30. The number of amides is 1. The molecule has 2 aromatic heterocycles. The van der Waals surface area contributed by atoms with Crippen molar-refractivity contribution in [1.82, 2.24) is 19.6 Å². The molecule has 3 aromatic rings. The Morgan fingerprint density at radius 2 is 2.04 bits per heavy atom. The minimum absolute atomic E-state index is 0.0515. The van der Waals surface area contributed by atoms with Crippen molar-refractivity contribution in [2.24, 2.45) is 0 Å². The topological polar surface area (TPSA) is 101 Å². The average Bonchev–Trinajstić information content (AvgIpc) is 3.31. The third-order valence-electron chi connectivity index (χ3n) is 4.82. The van der Waals surface area contributed by atoms with E-state index in [2.05, 4.69) is 41.2 Å². The molecule has 146 valence electrons. The Hall–Kier alpha value is -3.00. The Morgan fingerprint density at radius 3 is 2.68 bits per heavy atom. The molecule has 1 aromatic carbocycles. The number of hydrogen-bond acceptors (Lipinski definition) is 5. The lowest BCUT2D eigenvalue weighted by Crippen LogP contribution is -2.28. The molecule has 3 heterocycles. The molecule has 1 saturated heterocycles. The highest BCUT2D eigenvalue weighted by Crippen LogP contribution is 2.25. The number of H-pyrrole nitrogens is 1. The van der Waals surface area contributed by atoms with Gasteiger partial charge >= 0.3 is 0 Å². The minimum atomic E-state index is -0.498. The first-order chi connectivity index (χ1) is 13.3. The average molecular weight is 381 g/mol. The fraction of sp³-hybridized carbons (Fsp3) is 0.400. The first-order valence-electron chi connectivity index (χ1n) is 9.35. The molecular weight excluding hydrogens is 358 g/mol. The van der Waals surface area contributed by atoms with Crippen molar-refractivity contribution < 1.29 is 9.53 Å². The Balaban J connectivity index is 1.68. The van der Waals surface area contributed by atoms with Crippen LogP contribution in [0.2, 0.25) is 0 Å². The van der Waals surface area contributed by atoms with Crippen molar-refractivity contribution in [2.45, 2.75) is 45.1 Å². The van der Waals surface area contributed by atoms with Gasteiger partial charge in [-0.25, -0.2) is 0 Å². The van der Waals surface area contributed by atoms with Gasteiger partial charge in [0.1, 0.15) is 11.9 Å². The van der Waals surface area contributed by atoms with Crippen LogP contribution in [0.3, 0.4) is 0 Å². The maximum absolute atomic E-state index is 12.4. The third-order valence-corrected chi connectivity index (χ3v) is 4.82. The standard InChI is InChI=1S/C20H23N5O3/c1-20(2,3)13-8-6-12(7-9-13)17-23-19-22-16(26)11-15(25(19)24-17)21-18(27)14-5-4-10-28-14/h6-9,11,14H,4-5,10H2,1-3H3,(H,21,27)(H,22,23,24,26)/t14-/m1/s1. The summed E-state index contributed by atoms with van der Waals surface area (Å²) in [5, 5.41) is 7.21. The highest BCUT2D eigenvalue weighted by Gasteiger charge is 2.24. The second-order valence-electron chi connectivity index (χ2n) is 8.01. The summed E-state index contributed by atoms with van der Waals surface area (Å²) in [4.78, 5) is 31.4. The van der Waals surface area contributed by atoms with Crippen LogP contribution in [-0.2, 0) is 14.9 Å². The van der Waals surface area contributed by atoms with Gasteiger partial charge in [0.05, 0.1) is 0 Å². The highest BCUT2D eigenvalue weighted by atomic mass is 16.5. The van der Waals surface area contributed by atoms with Crippen LogP contribution in [0.25, 0.3) is 17.2 Å². The molecule has 0 radical (unpaired) electrons. The summed E-state index contributed by atoms with van der Waals surface area (Å²) in [5.74, 6) is 0.722. The maximum Gasteiger partial charge on any atom is 0.254 e. The Kier molecular flexibility index (Phi) is 4.50. The van der Waals surface area contributed by atoms with Gasteiger partial charge in [-0.15, -0.1) is 5.10 Å². The number of ether oxygens (including phenoxy) is 1. The molecule has 8 heteroatoms. The van der Waals surface area contributed by atoms with Gasteiger partial charge in [0.25, 0.3) is 11.5 Å². The highest BCUT2D eigenvalue weighted by molar-refractivity contribution is 5.93. The number of anilines is 1. The molecule has 4 rings (SSSR count). The number of hydrogen-bond donors (Lipinski definition) is 2. The molecule has 1 atom stereocenters. The van der Waals surface area contributed by atoms with E-state index in [1.165, 1.54) is 16.1 Å². The second kappa shape index (κ2) is 6.87. The van der Waals surface area contributed by atoms with E-state index < -0.39 is 6.10 Å². The van der Waals surface area contributed by atoms with Crippen LogP contribution in [0, 0.1) is 0 Å². The smallest absolute Gasteiger partial charge is 0.254 e. The van der Waals surface area contributed by atoms with Crippen LogP contribution >= 0.6 is 0 Å². The second-order valence-corrected chi connectivity index (χ2v) is 8.01. The molecule has 1 aliphatic rings. The van der Waals surface area contributed by atoms with Crippen molar-refractivity contribution in [3.05, 3.63) is 46.2 Å². The normalized spacial score (nSPS) is 17.2. The first-order valence-corrected chi connectivity index (χ1v) is 9.35.